The first-order valence-corrected chi connectivity index (χ1v) is 9.27. The minimum Gasteiger partial charge on any atom is -0.353 e. The van der Waals surface area contributed by atoms with Crippen molar-refractivity contribution in [3.8, 4) is 0 Å². The zero-order valence-corrected chi connectivity index (χ0v) is 16.2. The number of halogens is 1. The van der Waals surface area contributed by atoms with Crippen LogP contribution in [0, 0.1) is 12.8 Å². The Kier molecular flexibility index (Phi) is 6.85. The molecule has 138 valence electrons. The molecule has 1 aromatic carbocycles. The molecule has 2 rings (SSSR count). The number of hydrogen-bond acceptors (Lipinski definition) is 3. The third kappa shape index (κ3) is 5.19. The highest BCUT2D eigenvalue weighted by Gasteiger charge is 2.27. The van der Waals surface area contributed by atoms with E-state index in [0.29, 0.717) is 5.02 Å². The zero-order valence-electron chi connectivity index (χ0n) is 15.4. The molecule has 1 saturated heterocycles. The number of piperidine rings is 1. The summed E-state index contributed by atoms with van der Waals surface area (Å²) in [6.45, 7) is 9.20. The Balaban J connectivity index is 1.87. The van der Waals surface area contributed by atoms with E-state index in [0.717, 1.165) is 37.2 Å². The van der Waals surface area contributed by atoms with Crippen LogP contribution in [0.4, 0.5) is 5.69 Å². The highest BCUT2D eigenvalue weighted by Crippen LogP contribution is 2.23. The number of nitrogens with one attached hydrogen (secondary N) is 2. The van der Waals surface area contributed by atoms with Gasteiger partial charge >= 0.3 is 0 Å². The summed E-state index contributed by atoms with van der Waals surface area (Å²) in [5.41, 5.74) is 1.63. The van der Waals surface area contributed by atoms with Gasteiger partial charge in [-0.3, -0.25) is 14.5 Å². The normalized spacial score (nSPS) is 17.4. The predicted octanol–water partition coefficient (Wildman–Crippen LogP) is 3.21. The second-order valence-electron chi connectivity index (χ2n) is 7.05. The molecule has 6 heteroatoms. The predicted molar refractivity (Wildman–Crippen MR) is 102 cm³/mol. The highest BCUT2D eigenvalue weighted by atomic mass is 35.5. The van der Waals surface area contributed by atoms with Gasteiger partial charge in [0, 0.05) is 35.8 Å². The standard InChI is InChI=1S/C19H28ClN3O2/c1-12(2)18(24)21-15-8-10-23(11-9-15)14(4)19(25)22-17-7-5-6-16(20)13(17)3/h5-7,12,14-15H,8-11H2,1-4H3,(H,21,24)(H,22,25). The maximum absolute atomic E-state index is 12.6. The molecule has 0 bridgehead atoms. The van der Waals surface area contributed by atoms with Gasteiger partial charge in [0.05, 0.1) is 6.04 Å². The number of rotatable bonds is 5. The van der Waals surface area contributed by atoms with Gasteiger partial charge in [0.15, 0.2) is 0 Å². The van der Waals surface area contributed by atoms with Crippen LogP contribution in [-0.2, 0) is 9.59 Å². The quantitative estimate of drug-likeness (QED) is 0.842. The number of anilines is 1. The topological polar surface area (TPSA) is 61.4 Å². The number of benzene rings is 1. The van der Waals surface area contributed by atoms with Gasteiger partial charge in [-0.2, -0.15) is 0 Å². The largest absolute Gasteiger partial charge is 0.353 e. The fraction of sp³-hybridized carbons (Fsp3) is 0.579. The lowest BCUT2D eigenvalue weighted by Gasteiger charge is -2.35. The summed E-state index contributed by atoms with van der Waals surface area (Å²) in [6.07, 6.45) is 1.73. The molecule has 2 amide bonds. The third-order valence-corrected chi connectivity index (χ3v) is 5.26. The lowest BCUT2D eigenvalue weighted by molar-refractivity contribution is -0.126. The van der Waals surface area contributed by atoms with Crippen LogP contribution in [0.1, 0.15) is 39.2 Å². The molecule has 1 aliphatic rings. The van der Waals surface area contributed by atoms with Gasteiger partial charge in [-0.15, -0.1) is 0 Å². The Bertz CT molecular complexity index is 625. The van der Waals surface area contributed by atoms with Crippen LogP contribution in [0.25, 0.3) is 0 Å². The first-order valence-electron chi connectivity index (χ1n) is 8.90. The van der Waals surface area contributed by atoms with E-state index < -0.39 is 0 Å². The van der Waals surface area contributed by atoms with E-state index in [1.807, 2.05) is 45.9 Å². The molecular weight excluding hydrogens is 338 g/mol. The summed E-state index contributed by atoms with van der Waals surface area (Å²) < 4.78 is 0. The fourth-order valence-electron chi connectivity index (χ4n) is 2.94. The van der Waals surface area contributed by atoms with E-state index in [1.165, 1.54) is 0 Å². The SMILES string of the molecule is Cc1c(Cl)cccc1NC(=O)C(C)N1CCC(NC(=O)C(C)C)CC1. The Morgan fingerprint density at radius 1 is 1.16 bits per heavy atom. The van der Waals surface area contributed by atoms with Crippen molar-refractivity contribution in [2.45, 2.75) is 52.6 Å². The van der Waals surface area contributed by atoms with Crippen molar-refractivity contribution in [3.63, 3.8) is 0 Å². The van der Waals surface area contributed by atoms with Gasteiger partial charge in [0.2, 0.25) is 11.8 Å². The molecule has 25 heavy (non-hydrogen) atoms. The van der Waals surface area contributed by atoms with Crippen LogP contribution in [0.15, 0.2) is 18.2 Å². The van der Waals surface area contributed by atoms with Gasteiger partial charge < -0.3 is 10.6 Å². The molecule has 0 saturated carbocycles. The van der Waals surface area contributed by atoms with Crippen molar-refractivity contribution < 1.29 is 9.59 Å². The van der Waals surface area contributed by atoms with Crippen LogP contribution in [0.3, 0.4) is 0 Å². The molecule has 1 heterocycles. The van der Waals surface area contributed by atoms with E-state index in [2.05, 4.69) is 15.5 Å². The van der Waals surface area contributed by atoms with Crippen LogP contribution in [-0.4, -0.2) is 41.9 Å². The van der Waals surface area contributed by atoms with Gasteiger partial charge in [-0.1, -0.05) is 31.5 Å². The van der Waals surface area contributed by atoms with Crippen molar-refractivity contribution in [3.05, 3.63) is 28.8 Å². The van der Waals surface area contributed by atoms with E-state index in [1.54, 1.807) is 0 Å². The molecular formula is C19H28ClN3O2. The monoisotopic (exact) mass is 365 g/mol. The van der Waals surface area contributed by atoms with Gasteiger partial charge in [0.1, 0.15) is 0 Å². The van der Waals surface area contributed by atoms with Crippen LogP contribution >= 0.6 is 11.6 Å². The Morgan fingerprint density at radius 3 is 2.40 bits per heavy atom. The summed E-state index contributed by atoms with van der Waals surface area (Å²) in [6, 6.07) is 5.49. The van der Waals surface area contributed by atoms with Crippen molar-refractivity contribution >= 4 is 29.1 Å². The number of nitrogens with zero attached hydrogens (tertiary/aromatic N) is 1. The summed E-state index contributed by atoms with van der Waals surface area (Å²) in [5, 5.41) is 6.70. The number of hydrogen-bond donors (Lipinski definition) is 2. The van der Waals surface area contributed by atoms with Crippen LogP contribution < -0.4 is 10.6 Å². The van der Waals surface area contributed by atoms with Crippen LogP contribution in [0.2, 0.25) is 5.02 Å². The maximum Gasteiger partial charge on any atom is 0.241 e. The van der Waals surface area contributed by atoms with Crippen molar-refractivity contribution in [2.75, 3.05) is 18.4 Å². The average Bonchev–Trinajstić information content (AvgIpc) is 2.58. The lowest BCUT2D eigenvalue weighted by atomic mass is 10.0. The Hall–Kier alpha value is -1.59. The zero-order chi connectivity index (χ0) is 18.6. The van der Waals surface area contributed by atoms with E-state index in [-0.39, 0.29) is 29.8 Å². The third-order valence-electron chi connectivity index (χ3n) is 4.85. The molecule has 0 aliphatic carbocycles. The molecule has 0 aromatic heterocycles. The molecule has 1 aromatic rings. The molecule has 0 radical (unpaired) electrons. The maximum atomic E-state index is 12.6. The fourth-order valence-corrected chi connectivity index (χ4v) is 3.12. The molecule has 5 nitrogen and oxygen atoms in total. The van der Waals surface area contributed by atoms with Crippen molar-refractivity contribution in [2.24, 2.45) is 5.92 Å². The number of carbonyl (C=O) groups is 2. The first-order chi connectivity index (χ1) is 11.8. The minimum absolute atomic E-state index is 0.00340. The van der Waals surface area contributed by atoms with Gasteiger partial charge in [-0.25, -0.2) is 0 Å². The molecule has 1 fully saturated rings. The summed E-state index contributed by atoms with van der Waals surface area (Å²) in [4.78, 5) is 26.5. The molecule has 1 atom stereocenters. The number of amides is 2. The van der Waals surface area contributed by atoms with E-state index in [9.17, 15) is 9.59 Å². The van der Waals surface area contributed by atoms with Gasteiger partial charge in [-0.05, 0) is 44.4 Å². The minimum atomic E-state index is -0.222. The smallest absolute Gasteiger partial charge is 0.241 e. The first kappa shape index (κ1) is 19.7. The highest BCUT2D eigenvalue weighted by molar-refractivity contribution is 6.31. The van der Waals surface area contributed by atoms with Gasteiger partial charge in [0.25, 0.3) is 0 Å². The average molecular weight is 366 g/mol. The second-order valence-corrected chi connectivity index (χ2v) is 7.46. The number of carbonyl (C=O) groups excluding carboxylic acids is 2. The molecule has 1 aliphatic heterocycles. The van der Waals surface area contributed by atoms with Crippen molar-refractivity contribution in [1.82, 2.24) is 10.2 Å². The molecule has 2 N–H and O–H groups in total. The number of likely N-dealkylation sites (tertiary alicyclic amines) is 1. The summed E-state index contributed by atoms with van der Waals surface area (Å²) in [5.74, 6) is 0.0689. The molecule has 1 unspecified atom stereocenters. The molecule has 0 spiro atoms. The van der Waals surface area contributed by atoms with E-state index in [4.69, 9.17) is 11.6 Å². The van der Waals surface area contributed by atoms with Crippen LogP contribution in [0.5, 0.6) is 0 Å². The second kappa shape index (κ2) is 8.68. The Morgan fingerprint density at radius 2 is 1.80 bits per heavy atom. The summed E-state index contributed by atoms with van der Waals surface area (Å²) >= 11 is 6.11. The van der Waals surface area contributed by atoms with E-state index >= 15 is 0 Å². The van der Waals surface area contributed by atoms with Crippen molar-refractivity contribution in [1.29, 1.82) is 0 Å². The summed E-state index contributed by atoms with van der Waals surface area (Å²) in [7, 11) is 0. The lowest BCUT2D eigenvalue weighted by Crippen LogP contribution is -2.50. The Labute approximate surface area is 155 Å².